The van der Waals surface area contributed by atoms with E-state index in [9.17, 15) is 0 Å². The first-order valence-corrected chi connectivity index (χ1v) is 3.85. The van der Waals surface area contributed by atoms with Crippen LogP contribution >= 0.6 is 0 Å². The maximum absolute atomic E-state index is 4.95. The lowest BCUT2D eigenvalue weighted by atomic mass is 10.2. The second-order valence-corrected chi connectivity index (χ2v) is 2.47. The molecule has 4 heteroatoms. The Morgan fingerprint density at radius 3 is 2.77 bits per heavy atom. The van der Waals surface area contributed by atoms with Crippen LogP contribution in [0.4, 0.5) is 0 Å². The van der Waals surface area contributed by atoms with Gasteiger partial charge in [-0.05, 0) is 5.21 Å². The number of nitrogens with zero attached hydrogens (tertiary/aromatic N) is 3. The zero-order valence-electron chi connectivity index (χ0n) is 7.14. The smallest absolute Gasteiger partial charge is 0.147 e. The van der Waals surface area contributed by atoms with Crippen molar-refractivity contribution < 1.29 is 4.84 Å². The molecule has 1 aromatic heterocycles. The summed E-state index contributed by atoms with van der Waals surface area (Å²) in [6.45, 7) is 0. The van der Waals surface area contributed by atoms with Crippen LogP contribution in [-0.2, 0) is 0 Å². The van der Waals surface area contributed by atoms with Crippen molar-refractivity contribution in [2.75, 3.05) is 7.11 Å². The highest BCUT2D eigenvalue weighted by atomic mass is 16.7. The lowest BCUT2D eigenvalue weighted by Crippen LogP contribution is -2.09. The van der Waals surface area contributed by atoms with Crippen LogP contribution in [0, 0.1) is 6.20 Å². The molecule has 0 saturated heterocycles. The summed E-state index contributed by atoms with van der Waals surface area (Å²) in [6.07, 6.45) is 2.75. The lowest BCUT2D eigenvalue weighted by molar-refractivity contribution is 0.133. The molecule has 0 fully saturated rings. The molecule has 65 valence electrons. The van der Waals surface area contributed by atoms with Crippen LogP contribution in [0.25, 0.3) is 11.3 Å². The molecule has 2 rings (SSSR count). The van der Waals surface area contributed by atoms with Crippen LogP contribution in [0.1, 0.15) is 0 Å². The summed E-state index contributed by atoms with van der Waals surface area (Å²) in [6, 6.07) is 9.73. The summed E-state index contributed by atoms with van der Waals surface area (Å²) in [5.41, 5.74) is 1.71. The van der Waals surface area contributed by atoms with Crippen molar-refractivity contribution >= 4 is 0 Å². The van der Waals surface area contributed by atoms with Crippen molar-refractivity contribution in [2.45, 2.75) is 0 Å². The average molecular weight is 174 g/mol. The Morgan fingerprint density at radius 1 is 1.31 bits per heavy atom. The van der Waals surface area contributed by atoms with Crippen molar-refractivity contribution in [3.63, 3.8) is 0 Å². The van der Waals surface area contributed by atoms with E-state index < -0.39 is 0 Å². The van der Waals surface area contributed by atoms with Gasteiger partial charge in [-0.2, -0.15) is 0 Å². The van der Waals surface area contributed by atoms with Gasteiger partial charge in [0.05, 0.1) is 0 Å². The van der Waals surface area contributed by atoms with Gasteiger partial charge < -0.3 is 4.84 Å². The van der Waals surface area contributed by atoms with E-state index in [0.717, 1.165) is 11.3 Å². The first-order valence-electron chi connectivity index (χ1n) is 3.85. The van der Waals surface area contributed by atoms with Crippen molar-refractivity contribution in [3.8, 4) is 11.3 Å². The minimum atomic E-state index is 0.725. The van der Waals surface area contributed by atoms with Crippen LogP contribution < -0.4 is 4.84 Å². The standard InChI is InChI=1S/C9H8N3O/c1-13-12-9(7-10-11-12)8-5-3-2-4-6-8/h2-6H,1H3. The minimum absolute atomic E-state index is 0.725. The Bertz CT molecular complexity index is 383. The largest absolute Gasteiger partial charge is 0.398 e. The summed E-state index contributed by atoms with van der Waals surface area (Å²) in [7, 11) is 1.54. The number of aromatic nitrogens is 3. The fourth-order valence-corrected chi connectivity index (χ4v) is 1.10. The van der Waals surface area contributed by atoms with E-state index in [1.54, 1.807) is 0 Å². The molecule has 0 N–H and O–H groups in total. The number of rotatable bonds is 2. The Morgan fingerprint density at radius 2 is 2.08 bits per heavy atom. The summed E-state index contributed by atoms with van der Waals surface area (Å²) in [5.74, 6) is 0. The molecule has 0 bridgehead atoms. The van der Waals surface area contributed by atoms with Crippen molar-refractivity contribution in [1.82, 2.24) is 15.2 Å². The molecule has 1 aromatic carbocycles. The minimum Gasteiger partial charge on any atom is -0.398 e. The topological polar surface area (TPSA) is 39.9 Å². The molecule has 13 heavy (non-hydrogen) atoms. The van der Waals surface area contributed by atoms with Crippen LogP contribution in [0.2, 0.25) is 0 Å². The Kier molecular flexibility index (Phi) is 1.96. The predicted molar refractivity (Wildman–Crippen MR) is 46.8 cm³/mol. The zero-order valence-corrected chi connectivity index (χ0v) is 7.14. The molecular formula is C9H8N3O. The third-order valence-electron chi connectivity index (χ3n) is 1.69. The van der Waals surface area contributed by atoms with Gasteiger partial charge in [0, 0.05) is 5.56 Å². The van der Waals surface area contributed by atoms with E-state index in [1.165, 1.54) is 12.0 Å². The molecule has 0 spiro atoms. The number of hydrogen-bond acceptors (Lipinski definition) is 3. The van der Waals surface area contributed by atoms with Gasteiger partial charge in [0.15, 0.2) is 0 Å². The quantitative estimate of drug-likeness (QED) is 0.676. The normalized spacial score (nSPS) is 9.92. The van der Waals surface area contributed by atoms with Crippen LogP contribution in [0.3, 0.4) is 0 Å². The van der Waals surface area contributed by atoms with Crippen molar-refractivity contribution in [2.24, 2.45) is 0 Å². The number of hydrogen-bond donors (Lipinski definition) is 0. The summed E-state index contributed by atoms with van der Waals surface area (Å²) >= 11 is 0. The van der Waals surface area contributed by atoms with Gasteiger partial charge in [-0.15, -0.1) is 5.10 Å². The van der Waals surface area contributed by atoms with Crippen molar-refractivity contribution in [3.05, 3.63) is 36.5 Å². The van der Waals surface area contributed by atoms with Gasteiger partial charge in [-0.25, -0.2) is 0 Å². The highest BCUT2D eigenvalue weighted by molar-refractivity contribution is 5.56. The zero-order chi connectivity index (χ0) is 9.10. The first-order chi connectivity index (χ1) is 6.42. The summed E-state index contributed by atoms with van der Waals surface area (Å²) in [5, 5.41) is 7.33. The van der Waals surface area contributed by atoms with E-state index in [1.807, 2.05) is 30.3 Å². The Hall–Kier alpha value is -1.84. The van der Waals surface area contributed by atoms with E-state index in [-0.39, 0.29) is 0 Å². The molecule has 0 atom stereocenters. The summed E-state index contributed by atoms with van der Waals surface area (Å²) < 4.78 is 0. The van der Waals surface area contributed by atoms with E-state index in [0.29, 0.717) is 0 Å². The van der Waals surface area contributed by atoms with Gasteiger partial charge in [-0.3, -0.25) is 0 Å². The van der Waals surface area contributed by atoms with Crippen molar-refractivity contribution in [1.29, 1.82) is 0 Å². The molecule has 4 nitrogen and oxygen atoms in total. The van der Waals surface area contributed by atoms with E-state index in [2.05, 4.69) is 16.5 Å². The second kappa shape index (κ2) is 3.26. The second-order valence-electron chi connectivity index (χ2n) is 2.47. The van der Waals surface area contributed by atoms with Crippen LogP contribution in [0.5, 0.6) is 0 Å². The lowest BCUT2D eigenvalue weighted by Gasteiger charge is -2.01. The van der Waals surface area contributed by atoms with Gasteiger partial charge in [-0.1, -0.05) is 35.2 Å². The molecule has 0 amide bonds. The Labute approximate surface area is 75.7 Å². The fourth-order valence-electron chi connectivity index (χ4n) is 1.10. The highest BCUT2D eigenvalue weighted by Crippen LogP contribution is 2.14. The van der Waals surface area contributed by atoms with Crippen LogP contribution in [0.15, 0.2) is 30.3 Å². The molecule has 1 heterocycles. The molecule has 0 unspecified atom stereocenters. The summed E-state index contributed by atoms with van der Waals surface area (Å²) in [4.78, 5) is 6.28. The highest BCUT2D eigenvalue weighted by Gasteiger charge is 2.05. The molecule has 0 saturated carbocycles. The maximum Gasteiger partial charge on any atom is 0.147 e. The van der Waals surface area contributed by atoms with Crippen LogP contribution in [-0.4, -0.2) is 22.3 Å². The monoisotopic (exact) mass is 174 g/mol. The molecule has 1 radical (unpaired) electrons. The third-order valence-corrected chi connectivity index (χ3v) is 1.69. The van der Waals surface area contributed by atoms with Gasteiger partial charge in [0.25, 0.3) is 0 Å². The SMILES string of the molecule is COn1nn[c]c1-c1ccccc1. The Balaban J connectivity index is 2.47. The molecule has 2 aromatic rings. The average Bonchev–Trinajstić information content (AvgIpc) is 2.67. The van der Waals surface area contributed by atoms with E-state index in [4.69, 9.17) is 4.84 Å². The molecule has 0 aliphatic rings. The van der Waals surface area contributed by atoms with Gasteiger partial charge >= 0.3 is 0 Å². The fraction of sp³-hybridized carbons (Fsp3) is 0.111. The predicted octanol–water partition coefficient (Wildman–Crippen LogP) is 0.804. The van der Waals surface area contributed by atoms with Gasteiger partial charge in [0.1, 0.15) is 19.0 Å². The molecule has 0 aliphatic carbocycles. The maximum atomic E-state index is 4.95. The molecular weight excluding hydrogens is 166 g/mol. The van der Waals surface area contributed by atoms with E-state index >= 15 is 0 Å². The molecule has 0 aliphatic heterocycles. The number of benzene rings is 1. The van der Waals surface area contributed by atoms with Gasteiger partial charge in [0.2, 0.25) is 0 Å². The third kappa shape index (κ3) is 1.38. The first kappa shape index (κ1) is 7.79.